The predicted octanol–water partition coefficient (Wildman–Crippen LogP) is 4.25. The first-order valence-electron chi connectivity index (χ1n) is 6.46. The van der Waals surface area contributed by atoms with Crippen LogP contribution in [-0.4, -0.2) is 4.89 Å². The molecule has 0 bridgehead atoms. The van der Waals surface area contributed by atoms with Gasteiger partial charge in [-0.3, -0.25) is 0 Å². The van der Waals surface area contributed by atoms with Crippen LogP contribution in [0.5, 0.6) is 0 Å². The molecule has 0 amide bonds. The second kappa shape index (κ2) is 8.27. The monoisotopic (exact) mass is 280 g/mol. The van der Waals surface area contributed by atoms with E-state index in [0.29, 0.717) is 0 Å². The van der Waals surface area contributed by atoms with E-state index in [2.05, 4.69) is 48.5 Å². The van der Waals surface area contributed by atoms with Gasteiger partial charge in [-0.15, -0.1) is 0 Å². The van der Waals surface area contributed by atoms with Crippen molar-refractivity contribution in [3.8, 4) is 11.1 Å². The van der Waals surface area contributed by atoms with Gasteiger partial charge < -0.3 is 4.89 Å². The van der Waals surface area contributed by atoms with Gasteiger partial charge in [0.1, 0.15) is 0 Å². The lowest BCUT2D eigenvalue weighted by atomic mass is 10.1. The highest BCUT2D eigenvalue weighted by Gasteiger charge is 1.91. The molecule has 1 atom stereocenters. The molecule has 3 aromatic carbocycles. The van der Waals surface area contributed by atoms with E-state index in [1.54, 1.807) is 0 Å². The Hall–Kier alpha value is -1.95. The summed E-state index contributed by atoms with van der Waals surface area (Å²) in [4.78, 5) is 8.57. The highest BCUT2D eigenvalue weighted by molar-refractivity contribution is 7.40. The van der Waals surface area contributed by atoms with Gasteiger partial charge in [0.15, 0.2) is 0 Å². The van der Waals surface area contributed by atoms with Gasteiger partial charge >= 0.3 is 0 Å². The SMILES string of the molecule is OPc1ccccc1.c1ccc(-c2ccccc2)cc1. The number of hydrogen-bond acceptors (Lipinski definition) is 1. The predicted molar refractivity (Wildman–Crippen MR) is 88.5 cm³/mol. The van der Waals surface area contributed by atoms with Crippen molar-refractivity contribution < 1.29 is 4.89 Å². The van der Waals surface area contributed by atoms with E-state index in [9.17, 15) is 0 Å². The van der Waals surface area contributed by atoms with Crippen LogP contribution in [0.2, 0.25) is 0 Å². The van der Waals surface area contributed by atoms with E-state index >= 15 is 0 Å². The smallest absolute Gasteiger partial charge is 0.0420 e. The minimum absolute atomic E-state index is 0.0700. The van der Waals surface area contributed by atoms with E-state index < -0.39 is 0 Å². The molecule has 0 fully saturated rings. The van der Waals surface area contributed by atoms with Crippen molar-refractivity contribution in [3.05, 3.63) is 91.0 Å². The van der Waals surface area contributed by atoms with Gasteiger partial charge in [-0.1, -0.05) is 91.0 Å². The molecule has 0 saturated heterocycles. The molecule has 0 aliphatic heterocycles. The molecule has 0 saturated carbocycles. The summed E-state index contributed by atoms with van der Waals surface area (Å²) in [6, 6.07) is 30.3. The number of benzene rings is 3. The van der Waals surface area contributed by atoms with Crippen LogP contribution in [0.1, 0.15) is 0 Å². The van der Waals surface area contributed by atoms with Crippen molar-refractivity contribution in [2.45, 2.75) is 0 Å². The lowest BCUT2D eigenvalue weighted by Gasteiger charge is -1.98. The topological polar surface area (TPSA) is 20.2 Å². The van der Waals surface area contributed by atoms with Crippen LogP contribution in [0.15, 0.2) is 91.0 Å². The summed E-state index contributed by atoms with van der Waals surface area (Å²) in [6.45, 7) is 0. The summed E-state index contributed by atoms with van der Waals surface area (Å²) in [7, 11) is -0.0700. The van der Waals surface area contributed by atoms with Gasteiger partial charge in [0, 0.05) is 8.81 Å². The molecule has 1 unspecified atom stereocenters. The Balaban J connectivity index is 0.000000160. The van der Waals surface area contributed by atoms with Gasteiger partial charge in [-0.2, -0.15) is 0 Å². The third-order valence-corrected chi connectivity index (χ3v) is 3.38. The van der Waals surface area contributed by atoms with E-state index in [1.807, 2.05) is 42.5 Å². The molecule has 20 heavy (non-hydrogen) atoms. The Morgan fingerprint density at radius 3 is 1.15 bits per heavy atom. The highest BCUT2D eigenvalue weighted by Crippen LogP contribution is 2.17. The molecule has 1 nitrogen and oxygen atoms in total. The van der Waals surface area contributed by atoms with Gasteiger partial charge in [-0.25, -0.2) is 0 Å². The van der Waals surface area contributed by atoms with Crippen LogP contribution >= 0.6 is 8.81 Å². The summed E-state index contributed by atoms with van der Waals surface area (Å²) < 4.78 is 0. The molecule has 0 radical (unpaired) electrons. The molecule has 3 rings (SSSR count). The highest BCUT2D eigenvalue weighted by atomic mass is 31.1. The maximum Gasteiger partial charge on any atom is 0.0420 e. The normalized spacial score (nSPS) is 10.1. The zero-order chi connectivity index (χ0) is 14.0. The van der Waals surface area contributed by atoms with E-state index in [1.165, 1.54) is 11.1 Å². The number of rotatable bonds is 2. The lowest BCUT2D eigenvalue weighted by molar-refractivity contribution is 0.655. The van der Waals surface area contributed by atoms with Crippen LogP contribution in [0.3, 0.4) is 0 Å². The minimum Gasteiger partial charge on any atom is -0.372 e. The zero-order valence-electron chi connectivity index (χ0n) is 11.1. The van der Waals surface area contributed by atoms with Crippen LogP contribution < -0.4 is 5.30 Å². The van der Waals surface area contributed by atoms with Crippen molar-refractivity contribution in [2.24, 2.45) is 0 Å². The fraction of sp³-hybridized carbons (Fsp3) is 0. The first-order valence-corrected chi connectivity index (χ1v) is 7.40. The summed E-state index contributed by atoms with van der Waals surface area (Å²) in [5, 5.41) is 0.993. The largest absolute Gasteiger partial charge is 0.372 e. The van der Waals surface area contributed by atoms with Crippen molar-refractivity contribution in [1.29, 1.82) is 0 Å². The van der Waals surface area contributed by atoms with Crippen LogP contribution in [-0.2, 0) is 0 Å². The first-order chi connectivity index (χ1) is 9.90. The van der Waals surface area contributed by atoms with Gasteiger partial charge in [0.05, 0.1) is 0 Å². The van der Waals surface area contributed by atoms with E-state index in [4.69, 9.17) is 4.89 Å². The Morgan fingerprint density at radius 2 is 0.850 bits per heavy atom. The van der Waals surface area contributed by atoms with Crippen molar-refractivity contribution in [2.75, 3.05) is 0 Å². The molecule has 2 heteroatoms. The second-order valence-corrected chi connectivity index (χ2v) is 5.01. The van der Waals surface area contributed by atoms with Crippen molar-refractivity contribution in [3.63, 3.8) is 0 Å². The van der Waals surface area contributed by atoms with Gasteiger partial charge in [0.25, 0.3) is 0 Å². The molecule has 0 aliphatic carbocycles. The minimum atomic E-state index is -0.0700. The lowest BCUT2D eigenvalue weighted by Crippen LogP contribution is -1.88. The fourth-order valence-corrected chi connectivity index (χ4v) is 2.12. The molecule has 1 N–H and O–H groups in total. The van der Waals surface area contributed by atoms with E-state index in [-0.39, 0.29) is 8.81 Å². The zero-order valence-corrected chi connectivity index (χ0v) is 12.1. The quantitative estimate of drug-likeness (QED) is 0.696. The first kappa shape index (κ1) is 14.5. The molecule has 100 valence electrons. The van der Waals surface area contributed by atoms with Crippen molar-refractivity contribution in [1.82, 2.24) is 0 Å². The molecule has 0 aromatic heterocycles. The summed E-state index contributed by atoms with van der Waals surface area (Å²) in [5.74, 6) is 0. The molecule has 0 spiro atoms. The summed E-state index contributed by atoms with van der Waals surface area (Å²) >= 11 is 0. The number of hydrogen-bond donors (Lipinski definition) is 1. The Morgan fingerprint density at radius 1 is 0.500 bits per heavy atom. The Kier molecular flexibility index (Phi) is 5.98. The molecular formula is C18H17OP. The average Bonchev–Trinajstić information content (AvgIpc) is 2.58. The maximum atomic E-state index is 8.57. The maximum absolute atomic E-state index is 8.57. The van der Waals surface area contributed by atoms with Crippen LogP contribution in [0.4, 0.5) is 0 Å². The second-order valence-electron chi connectivity index (χ2n) is 4.21. The summed E-state index contributed by atoms with van der Waals surface area (Å²) in [6.07, 6.45) is 0. The van der Waals surface area contributed by atoms with Crippen LogP contribution in [0, 0.1) is 0 Å². The Bertz CT molecular complexity index is 557. The van der Waals surface area contributed by atoms with Gasteiger partial charge in [-0.05, 0) is 16.4 Å². The van der Waals surface area contributed by atoms with E-state index in [0.717, 1.165) is 5.30 Å². The third kappa shape index (κ3) is 4.62. The van der Waals surface area contributed by atoms with Crippen LogP contribution in [0.25, 0.3) is 11.1 Å². The molecular weight excluding hydrogens is 263 g/mol. The fourth-order valence-electron chi connectivity index (χ4n) is 1.77. The summed E-state index contributed by atoms with van der Waals surface area (Å²) in [5.41, 5.74) is 2.55. The Labute approximate surface area is 121 Å². The molecule has 0 heterocycles. The van der Waals surface area contributed by atoms with Crippen molar-refractivity contribution >= 4 is 14.1 Å². The average molecular weight is 280 g/mol. The molecule has 0 aliphatic rings. The third-order valence-electron chi connectivity index (χ3n) is 2.78. The standard InChI is InChI=1S/C12H10.C6H7OP/c1-3-7-11(8-4-1)12-9-5-2-6-10-12;7-8-6-4-2-1-3-5-6/h1-10H;1-5,7-8H. The van der Waals surface area contributed by atoms with Gasteiger partial charge in [0.2, 0.25) is 0 Å². The molecule has 3 aromatic rings.